The van der Waals surface area contributed by atoms with E-state index in [0.29, 0.717) is 21.7 Å². The fourth-order valence-electron chi connectivity index (χ4n) is 3.32. The quantitative estimate of drug-likeness (QED) is 0.317. The maximum atomic E-state index is 14.0. The Kier molecular flexibility index (Phi) is 6.29. The molecule has 0 aliphatic heterocycles. The van der Waals surface area contributed by atoms with Gasteiger partial charge in [-0.15, -0.1) is 0 Å². The molecular weight excluding hydrogens is 444 g/mol. The van der Waals surface area contributed by atoms with Gasteiger partial charge in [-0.1, -0.05) is 30.0 Å². The Labute approximate surface area is 193 Å². The molecule has 1 amide bonds. The number of aryl methyl sites for hydroxylation is 2. The number of carbonyl (C=O) groups excluding carboxylic acids is 1. The lowest BCUT2D eigenvalue weighted by molar-refractivity contribution is -0.115. The van der Waals surface area contributed by atoms with Gasteiger partial charge < -0.3 is 5.32 Å². The summed E-state index contributed by atoms with van der Waals surface area (Å²) in [6.07, 6.45) is 0. The number of para-hydroxylation sites is 1. The first-order chi connectivity index (χ1) is 15.7. The van der Waals surface area contributed by atoms with Gasteiger partial charge in [0.1, 0.15) is 11.6 Å². The highest BCUT2D eigenvalue weighted by Gasteiger charge is 2.21. The third kappa shape index (κ3) is 4.66. The van der Waals surface area contributed by atoms with Gasteiger partial charge in [0.2, 0.25) is 5.91 Å². The Bertz CT molecular complexity index is 1440. The summed E-state index contributed by atoms with van der Waals surface area (Å²) in [4.78, 5) is 30.8. The molecule has 0 aliphatic rings. The lowest BCUT2D eigenvalue weighted by Crippen LogP contribution is -2.26. The molecule has 1 unspecified atom stereocenters. The van der Waals surface area contributed by atoms with Crippen LogP contribution in [0.4, 0.5) is 14.5 Å². The summed E-state index contributed by atoms with van der Waals surface area (Å²) in [5.41, 5.74) is 2.73. The minimum absolute atomic E-state index is 0.245. The molecular formula is C25H21F2N3O2S. The van der Waals surface area contributed by atoms with E-state index >= 15 is 0 Å². The van der Waals surface area contributed by atoms with Gasteiger partial charge in [0.15, 0.2) is 5.16 Å². The highest BCUT2D eigenvalue weighted by atomic mass is 32.2. The van der Waals surface area contributed by atoms with Crippen molar-refractivity contribution in [3.8, 4) is 5.69 Å². The van der Waals surface area contributed by atoms with Gasteiger partial charge in [-0.25, -0.2) is 13.8 Å². The third-order valence-corrected chi connectivity index (χ3v) is 6.38. The van der Waals surface area contributed by atoms with Crippen molar-refractivity contribution < 1.29 is 13.6 Å². The number of aromatic nitrogens is 2. The maximum absolute atomic E-state index is 14.0. The number of anilines is 1. The lowest BCUT2D eigenvalue weighted by atomic mass is 10.1. The van der Waals surface area contributed by atoms with Gasteiger partial charge in [0, 0.05) is 6.07 Å². The van der Waals surface area contributed by atoms with Crippen LogP contribution in [0, 0.1) is 25.5 Å². The van der Waals surface area contributed by atoms with E-state index in [0.717, 1.165) is 41.1 Å². The van der Waals surface area contributed by atoms with Crippen LogP contribution in [-0.4, -0.2) is 20.7 Å². The van der Waals surface area contributed by atoms with Crippen LogP contribution < -0.4 is 10.9 Å². The zero-order valence-corrected chi connectivity index (χ0v) is 19.0. The van der Waals surface area contributed by atoms with Gasteiger partial charge in [-0.05, 0) is 68.3 Å². The lowest BCUT2D eigenvalue weighted by Gasteiger charge is -2.17. The average Bonchev–Trinajstić information content (AvgIpc) is 2.78. The molecule has 4 rings (SSSR count). The number of nitrogens with one attached hydrogen (secondary N) is 1. The zero-order chi connectivity index (χ0) is 23.7. The molecule has 0 saturated carbocycles. The maximum Gasteiger partial charge on any atom is 0.266 e. The number of halogens is 2. The molecule has 4 aromatic rings. The number of rotatable bonds is 5. The van der Waals surface area contributed by atoms with Gasteiger partial charge in [0.05, 0.1) is 27.5 Å². The van der Waals surface area contributed by atoms with E-state index in [-0.39, 0.29) is 11.2 Å². The summed E-state index contributed by atoms with van der Waals surface area (Å²) < 4.78 is 28.9. The predicted octanol–water partition coefficient (Wildman–Crippen LogP) is 5.40. The molecule has 8 heteroatoms. The molecule has 0 aliphatic carbocycles. The third-order valence-electron chi connectivity index (χ3n) is 5.33. The van der Waals surface area contributed by atoms with Crippen molar-refractivity contribution in [3.63, 3.8) is 0 Å². The molecule has 1 atom stereocenters. The van der Waals surface area contributed by atoms with Gasteiger partial charge >= 0.3 is 0 Å². The first-order valence-corrected chi connectivity index (χ1v) is 11.1. The van der Waals surface area contributed by atoms with Gasteiger partial charge in [-0.2, -0.15) is 0 Å². The molecule has 0 fully saturated rings. The van der Waals surface area contributed by atoms with Crippen LogP contribution in [0.1, 0.15) is 18.1 Å². The molecule has 1 heterocycles. The molecule has 5 nitrogen and oxygen atoms in total. The number of nitrogens with zero attached hydrogens (tertiary/aromatic N) is 2. The molecule has 1 N–H and O–H groups in total. The van der Waals surface area contributed by atoms with Crippen LogP contribution in [0.3, 0.4) is 0 Å². The summed E-state index contributed by atoms with van der Waals surface area (Å²) >= 11 is 1.07. The number of carbonyl (C=O) groups is 1. The highest BCUT2D eigenvalue weighted by Crippen LogP contribution is 2.27. The monoisotopic (exact) mass is 465 g/mol. The molecule has 0 bridgehead atoms. The van der Waals surface area contributed by atoms with Crippen molar-refractivity contribution in [2.75, 3.05) is 5.32 Å². The van der Waals surface area contributed by atoms with Crippen LogP contribution in [-0.2, 0) is 4.79 Å². The standard InChI is InChI=1S/C25H21F2N3O2S/c1-14-8-10-18(12-15(14)2)30-24(32)19-6-4-5-7-21(19)29-25(30)33-16(3)23(31)28-22-13-17(26)9-11-20(22)27/h4-13,16H,1-3H3,(H,28,31). The second-order valence-electron chi connectivity index (χ2n) is 7.69. The minimum atomic E-state index is -0.751. The van der Waals surface area contributed by atoms with Crippen molar-refractivity contribution in [2.45, 2.75) is 31.2 Å². The van der Waals surface area contributed by atoms with Crippen LogP contribution in [0.25, 0.3) is 16.6 Å². The van der Waals surface area contributed by atoms with Crippen LogP contribution in [0.2, 0.25) is 0 Å². The second kappa shape index (κ2) is 9.15. The Morgan fingerprint density at radius 1 is 1.03 bits per heavy atom. The van der Waals surface area contributed by atoms with E-state index in [1.807, 2.05) is 32.0 Å². The van der Waals surface area contributed by atoms with E-state index in [2.05, 4.69) is 10.3 Å². The van der Waals surface area contributed by atoms with E-state index in [1.54, 1.807) is 31.2 Å². The van der Waals surface area contributed by atoms with E-state index in [1.165, 1.54) is 4.57 Å². The normalized spacial score (nSPS) is 12.0. The number of fused-ring (bicyclic) bond motifs is 1. The molecule has 0 spiro atoms. The summed E-state index contributed by atoms with van der Waals surface area (Å²) in [6, 6.07) is 15.5. The van der Waals surface area contributed by atoms with Crippen LogP contribution >= 0.6 is 11.8 Å². The number of benzene rings is 3. The van der Waals surface area contributed by atoms with Crippen molar-refractivity contribution in [1.29, 1.82) is 0 Å². The smallest absolute Gasteiger partial charge is 0.266 e. The fourth-order valence-corrected chi connectivity index (χ4v) is 4.25. The van der Waals surface area contributed by atoms with E-state index < -0.39 is 22.8 Å². The SMILES string of the molecule is Cc1ccc(-n2c(SC(C)C(=O)Nc3cc(F)ccc3F)nc3ccccc3c2=O)cc1C. The van der Waals surface area contributed by atoms with Gasteiger partial charge in [-0.3, -0.25) is 14.2 Å². The topological polar surface area (TPSA) is 64.0 Å². The van der Waals surface area contributed by atoms with Crippen molar-refractivity contribution >= 4 is 34.3 Å². The van der Waals surface area contributed by atoms with Crippen molar-refractivity contribution in [1.82, 2.24) is 9.55 Å². The van der Waals surface area contributed by atoms with Crippen LogP contribution in [0.5, 0.6) is 0 Å². The first-order valence-electron chi connectivity index (χ1n) is 10.3. The summed E-state index contributed by atoms with van der Waals surface area (Å²) in [6.45, 7) is 5.55. The summed E-state index contributed by atoms with van der Waals surface area (Å²) in [5, 5.41) is 2.44. The number of thioether (sulfide) groups is 1. The Hall–Kier alpha value is -3.52. The second-order valence-corrected chi connectivity index (χ2v) is 9.00. The highest BCUT2D eigenvalue weighted by molar-refractivity contribution is 8.00. The molecule has 33 heavy (non-hydrogen) atoms. The zero-order valence-electron chi connectivity index (χ0n) is 18.2. The predicted molar refractivity (Wildman–Crippen MR) is 127 cm³/mol. The summed E-state index contributed by atoms with van der Waals surface area (Å²) in [5.74, 6) is -1.94. The molecule has 3 aromatic carbocycles. The number of hydrogen-bond donors (Lipinski definition) is 1. The Morgan fingerprint density at radius 3 is 2.55 bits per heavy atom. The van der Waals surface area contributed by atoms with E-state index in [4.69, 9.17) is 0 Å². The molecule has 1 aromatic heterocycles. The van der Waals surface area contributed by atoms with Crippen LogP contribution in [0.15, 0.2) is 70.6 Å². The Morgan fingerprint density at radius 2 is 1.79 bits per heavy atom. The minimum Gasteiger partial charge on any atom is -0.323 e. The molecule has 0 saturated heterocycles. The number of hydrogen-bond acceptors (Lipinski definition) is 4. The molecule has 0 radical (unpaired) electrons. The first kappa shape index (κ1) is 22.7. The molecule has 168 valence electrons. The average molecular weight is 466 g/mol. The Balaban J connectivity index is 1.74. The van der Waals surface area contributed by atoms with Crippen molar-refractivity contribution in [3.05, 3.63) is 93.8 Å². The number of amides is 1. The fraction of sp³-hybridized carbons (Fsp3) is 0.160. The van der Waals surface area contributed by atoms with E-state index in [9.17, 15) is 18.4 Å². The van der Waals surface area contributed by atoms with Crippen molar-refractivity contribution in [2.24, 2.45) is 0 Å². The summed E-state index contributed by atoms with van der Waals surface area (Å²) in [7, 11) is 0. The largest absolute Gasteiger partial charge is 0.323 e. The van der Waals surface area contributed by atoms with Gasteiger partial charge in [0.25, 0.3) is 5.56 Å².